The van der Waals surface area contributed by atoms with Gasteiger partial charge in [-0.05, 0) is 56.2 Å². The molecule has 28 heavy (non-hydrogen) atoms. The number of hydrogen-bond acceptors (Lipinski definition) is 5. The van der Waals surface area contributed by atoms with Crippen LogP contribution in [0.1, 0.15) is 49.9 Å². The Morgan fingerprint density at radius 3 is 2.57 bits per heavy atom. The van der Waals surface area contributed by atoms with E-state index in [2.05, 4.69) is 24.1 Å². The van der Waals surface area contributed by atoms with E-state index in [0.29, 0.717) is 23.1 Å². The van der Waals surface area contributed by atoms with E-state index < -0.39 is 0 Å². The van der Waals surface area contributed by atoms with Crippen LogP contribution < -0.4 is 10.2 Å². The van der Waals surface area contributed by atoms with Crippen molar-refractivity contribution < 1.29 is 9.72 Å². The van der Waals surface area contributed by atoms with Crippen molar-refractivity contribution in [1.29, 1.82) is 0 Å². The molecule has 1 aromatic carbocycles. The van der Waals surface area contributed by atoms with Gasteiger partial charge in [-0.2, -0.15) is 0 Å². The van der Waals surface area contributed by atoms with Crippen LogP contribution in [0.2, 0.25) is 0 Å². The summed E-state index contributed by atoms with van der Waals surface area (Å²) >= 11 is 0. The van der Waals surface area contributed by atoms with Crippen molar-refractivity contribution in [2.45, 2.75) is 51.6 Å². The van der Waals surface area contributed by atoms with E-state index in [0.717, 1.165) is 51.9 Å². The monoisotopic (exact) mass is 386 g/mol. The third-order valence-electron chi connectivity index (χ3n) is 6.52. The van der Waals surface area contributed by atoms with Crippen molar-refractivity contribution in [3.8, 4) is 0 Å². The van der Waals surface area contributed by atoms with Gasteiger partial charge in [0.2, 0.25) is 0 Å². The van der Waals surface area contributed by atoms with E-state index in [4.69, 9.17) is 0 Å². The normalized spacial score (nSPS) is 30.2. The van der Waals surface area contributed by atoms with Gasteiger partial charge in [0, 0.05) is 43.3 Å². The fourth-order valence-corrected chi connectivity index (χ4v) is 5.39. The van der Waals surface area contributed by atoms with Crippen LogP contribution in [-0.4, -0.2) is 54.0 Å². The quantitative estimate of drug-likeness (QED) is 0.638. The van der Waals surface area contributed by atoms with Crippen molar-refractivity contribution in [2.75, 3.05) is 31.1 Å². The Bertz CT molecular complexity index is 744. The summed E-state index contributed by atoms with van der Waals surface area (Å²) in [6.07, 6.45) is 4.13. The predicted octanol–water partition coefficient (Wildman–Crippen LogP) is 3.04. The molecule has 1 N–H and O–H groups in total. The van der Waals surface area contributed by atoms with Crippen molar-refractivity contribution >= 4 is 17.3 Å². The van der Waals surface area contributed by atoms with E-state index >= 15 is 0 Å². The van der Waals surface area contributed by atoms with Crippen LogP contribution in [0.3, 0.4) is 0 Å². The second-order valence-electron chi connectivity index (χ2n) is 8.90. The highest BCUT2D eigenvalue weighted by Gasteiger charge is 2.39. The average Bonchev–Trinajstić information content (AvgIpc) is 2.92. The highest BCUT2D eigenvalue weighted by Crippen LogP contribution is 2.35. The molecule has 3 aliphatic heterocycles. The van der Waals surface area contributed by atoms with Gasteiger partial charge in [-0.1, -0.05) is 13.8 Å². The molecule has 3 fully saturated rings. The van der Waals surface area contributed by atoms with Crippen LogP contribution in [0, 0.1) is 22.0 Å². The summed E-state index contributed by atoms with van der Waals surface area (Å²) in [5, 5.41) is 15.2. The first kappa shape index (κ1) is 19.2. The molecule has 0 spiro atoms. The number of carbonyl (C=O) groups excluding carboxylic acids is 1. The van der Waals surface area contributed by atoms with Crippen LogP contribution in [0.4, 0.5) is 11.4 Å². The lowest BCUT2D eigenvalue weighted by Crippen LogP contribution is -2.42. The Morgan fingerprint density at radius 1 is 1.14 bits per heavy atom. The number of rotatable bonds is 3. The van der Waals surface area contributed by atoms with Crippen LogP contribution in [-0.2, 0) is 0 Å². The lowest BCUT2D eigenvalue weighted by molar-refractivity contribution is -0.384. The van der Waals surface area contributed by atoms with Crippen LogP contribution in [0.5, 0.6) is 0 Å². The van der Waals surface area contributed by atoms with Gasteiger partial charge in [-0.15, -0.1) is 0 Å². The molecule has 0 aliphatic carbocycles. The van der Waals surface area contributed by atoms with E-state index in [1.165, 1.54) is 6.07 Å². The number of fused-ring (bicyclic) bond motifs is 2. The maximum Gasteiger partial charge on any atom is 0.293 e. The van der Waals surface area contributed by atoms with Crippen molar-refractivity contribution in [2.24, 2.45) is 11.8 Å². The summed E-state index contributed by atoms with van der Waals surface area (Å²) in [6, 6.07) is 5.51. The molecule has 1 aromatic rings. The molecule has 4 rings (SSSR count). The molecule has 7 nitrogen and oxygen atoms in total. The number of amides is 1. The van der Waals surface area contributed by atoms with E-state index in [1.807, 2.05) is 4.90 Å². The molecule has 7 heteroatoms. The molecule has 3 heterocycles. The average molecular weight is 386 g/mol. The summed E-state index contributed by atoms with van der Waals surface area (Å²) in [6.45, 7) is 7.76. The fraction of sp³-hybridized carbons (Fsp3) is 0.667. The first-order chi connectivity index (χ1) is 13.4. The molecule has 3 saturated heterocycles. The standard InChI is InChI=1S/C21H30N4O3/c1-14-9-15(2)13-23(12-14)19-6-3-16(10-20(19)25(27)28)21(26)24-17-4-5-18(24)11-22-8-7-17/h3,6,10,14-15,17-18,22H,4-5,7-9,11-13H2,1-2H3. The molecule has 152 valence electrons. The zero-order valence-corrected chi connectivity index (χ0v) is 16.8. The minimum atomic E-state index is -0.339. The van der Waals surface area contributed by atoms with E-state index in [9.17, 15) is 14.9 Å². The number of piperidine rings is 1. The van der Waals surface area contributed by atoms with E-state index in [-0.39, 0.29) is 28.6 Å². The van der Waals surface area contributed by atoms with Gasteiger partial charge in [0.1, 0.15) is 5.69 Å². The van der Waals surface area contributed by atoms with Crippen molar-refractivity contribution in [1.82, 2.24) is 10.2 Å². The van der Waals surface area contributed by atoms with Crippen molar-refractivity contribution in [3.63, 3.8) is 0 Å². The highest BCUT2D eigenvalue weighted by molar-refractivity contribution is 5.96. The van der Waals surface area contributed by atoms with Crippen LogP contribution >= 0.6 is 0 Å². The lowest BCUT2D eigenvalue weighted by atomic mass is 9.91. The first-order valence-electron chi connectivity index (χ1n) is 10.5. The number of anilines is 1. The number of nitro groups is 1. The minimum absolute atomic E-state index is 0.0486. The van der Waals surface area contributed by atoms with Gasteiger partial charge >= 0.3 is 0 Å². The number of nitrogens with one attached hydrogen (secondary N) is 1. The summed E-state index contributed by atoms with van der Waals surface area (Å²) in [7, 11) is 0. The van der Waals surface area contributed by atoms with Crippen molar-refractivity contribution in [3.05, 3.63) is 33.9 Å². The van der Waals surface area contributed by atoms with Gasteiger partial charge in [0.15, 0.2) is 0 Å². The summed E-state index contributed by atoms with van der Waals surface area (Å²) in [5.74, 6) is 0.945. The topological polar surface area (TPSA) is 78.7 Å². The number of carbonyl (C=O) groups is 1. The van der Waals surface area contributed by atoms with Gasteiger partial charge < -0.3 is 15.1 Å². The molecule has 4 unspecified atom stereocenters. The lowest BCUT2D eigenvalue weighted by Gasteiger charge is -2.36. The Balaban J connectivity index is 1.63. The molecular formula is C21H30N4O3. The predicted molar refractivity (Wildman–Crippen MR) is 109 cm³/mol. The summed E-state index contributed by atoms with van der Waals surface area (Å²) in [5.41, 5.74) is 1.13. The third-order valence-corrected chi connectivity index (χ3v) is 6.52. The molecule has 3 aliphatic rings. The van der Waals surface area contributed by atoms with Gasteiger partial charge in [-0.25, -0.2) is 0 Å². The largest absolute Gasteiger partial charge is 0.365 e. The minimum Gasteiger partial charge on any atom is -0.365 e. The summed E-state index contributed by atoms with van der Waals surface area (Å²) in [4.78, 5) is 28.8. The smallest absolute Gasteiger partial charge is 0.293 e. The zero-order chi connectivity index (χ0) is 19.8. The first-order valence-corrected chi connectivity index (χ1v) is 10.5. The zero-order valence-electron chi connectivity index (χ0n) is 16.8. The number of benzene rings is 1. The second-order valence-corrected chi connectivity index (χ2v) is 8.90. The SMILES string of the molecule is CC1CC(C)CN(c2ccc(C(=O)N3C4CCNCC3CC4)cc2[N+](=O)[O-])C1. The summed E-state index contributed by atoms with van der Waals surface area (Å²) < 4.78 is 0. The molecule has 4 atom stereocenters. The van der Waals surface area contributed by atoms with Gasteiger partial charge in [0.05, 0.1) is 4.92 Å². The molecule has 0 radical (unpaired) electrons. The Morgan fingerprint density at radius 2 is 1.86 bits per heavy atom. The number of nitro benzene ring substituents is 1. The second kappa shape index (κ2) is 7.70. The van der Waals surface area contributed by atoms with Gasteiger partial charge in [0.25, 0.3) is 11.6 Å². The van der Waals surface area contributed by atoms with Gasteiger partial charge in [-0.3, -0.25) is 14.9 Å². The van der Waals surface area contributed by atoms with Crippen LogP contribution in [0.15, 0.2) is 18.2 Å². The highest BCUT2D eigenvalue weighted by atomic mass is 16.6. The maximum atomic E-state index is 13.2. The fourth-order valence-electron chi connectivity index (χ4n) is 5.39. The van der Waals surface area contributed by atoms with Crippen LogP contribution in [0.25, 0.3) is 0 Å². The molecule has 0 aromatic heterocycles. The number of nitrogens with zero attached hydrogens (tertiary/aromatic N) is 3. The van der Waals surface area contributed by atoms with E-state index in [1.54, 1.807) is 12.1 Å². The Hall–Kier alpha value is -2.15. The molecule has 0 saturated carbocycles. The Kier molecular flexibility index (Phi) is 5.27. The third kappa shape index (κ3) is 3.60. The molecular weight excluding hydrogens is 356 g/mol. The molecule has 2 bridgehead atoms. The number of hydrogen-bond donors (Lipinski definition) is 1. The maximum absolute atomic E-state index is 13.2. The molecule has 1 amide bonds. The Labute approximate surface area is 166 Å².